The summed E-state index contributed by atoms with van der Waals surface area (Å²) in [5, 5.41) is 9.27. The second-order valence-corrected chi connectivity index (χ2v) is 11.0. The van der Waals surface area contributed by atoms with Gasteiger partial charge < -0.3 is 23.8 Å². The van der Waals surface area contributed by atoms with Gasteiger partial charge in [0.05, 0.1) is 17.7 Å². The molecule has 14 nitrogen and oxygen atoms in total. The molecule has 5 rings (SSSR count). The highest BCUT2D eigenvalue weighted by Gasteiger charge is 2.53. The summed E-state index contributed by atoms with van der Waals surface area (Å²) < 4.78 is 42.1. The molecular weight excluding hydrogens is 611 g/mol. The third-order valence-corrected chi connectivity index (χ3v) is 7.58. The van der Waals surface area contributed by atoms with Gasteiger partial charge in [-0.15, -0.1) is 0 Å². The highest BCUT2D eigenvalue weighted by atomic mass is 31.2. The molecule has 234 valence electrons. The van der Waals surface area contributed by atoms with Gasteiger partial charge in [-0.25, -0.2) is 18.9 Å². The number of nitrogens with zero attached hydrogens (tertiary/aromatic N) is 1. The van der Waals surface area contributed by atoms with Crippen LogP contribution < -0.4 is 15.8 Å². The van der Waals surface area contributed by atoms with Crippen LogP contribution in [-0.4, -0.2) is 56.4 Å². The van der Waals surface area contributed by atoms with Crippen LogP contribution in [-0.2, 0) is 29.9 Å². The molecule has 1 aromatic heterocycles. The molecule has 2 heterocycles. The van der Waals surface area contributed by atoms with Crippen LogP contribution in [0.15, 0.2) is 107 Å². The number of hydrogen-bond acceptors (Lipinski definition) is 11. The highest BCUT2D eigenvalue weighted by Crippen LogP contribution is 2.49. The Morgan fingerprint density at radius 1 is 0.867 bits per heavy atom. The van der Waals surface area contributed by atoms with Crippen LogP contribution in [0.1, 0.15) is 32.5 Å². The van der Waals surface area contributed by atoms with E-state index in [4.69, 9.17) is 23.3 Å². The van der Waals surface area contributed by atoms with Gasteiger partial charge in [0.1, 0.15) is 24.6 Å². The quantitative estimate of drug-likeness (QED) is 0.161. The average Bonchev–Trinajstić information content (AvgIpc) is 3.35. The van der Waals surface area contributed by atoms with Crippen LogP contribution in [0.2, 0.25) is 0 Å². The second kappa shape index (κ2) is 13.8. The SMILES string of the molecule is O=C(OCC1OC(n2ccc(=O)[nH]c2=O)C(OC(=O)c2ccccc2)C1OP(=O)(O)Oc1ccc(CO)cc1)c1ccccc1. The standard InChI is InChI=1S/C30H27N2O12P/c33-17-19-11-13-22(14-12-19)43-45(38,39)44-25-23(18-40-28(35)20-7-3-1-4-8-20)41-27(32-16-15-24(34)31-30(32)37)26(25)42-29(36)21-9-5-2-6-10-21/h1-16,23,25-27,33H,17-18H2,(H,38,39)(H,31,34,37). The van der Waals surface area contributed by atoms with Crippen LogP contribution in [0, 0.1) is 0 Å². The first-order valence-corrected chi connectivity index (χ1v) is 15.0. The number of hydrogen-bond donors (Lipinski definition) is 3. The summed E-state index contributed by atoms with van der Waals surface area (Å²) in [6.45, 7) is -0.839. The maximum Gasteiger partial charge on any atom is 0.527 e. The molecule has 45 heavy (non-hydrogen) atoms. The van der Waals surface area contributed by atoms with Crippen LogP contribution in [0.3, 0.4) is 0 Å². The molecule has 1 fully saturated rings. The second-order valence-electron chi connectivity index (χ2n) is 9.71. The van der Waals surface area contributed by atoms with E-state index < -0.39 is 62.2 Å². The van der Waals surface area contributed by atoms with Crippen molar-refractivity contribution in [3.05, 3.63) is 135 Å². The van der Waals surface area contributed by atoms with Crippen LogP contribution in [0.4, 0.5) is 0 Å². The molecule has 0 spiro atoms. The lowest BCUT2D eigenvalue weighted by Crippen LogP contribution is -2.41. The predicted molar refractivity (Wildman–Crippen MR) is 155 cm³/mol. The maximum atomic E-state index is 13.3. The van der Waals surface area contributed by atoms with E-state index in [1.54, 1.807) is 36.4 Å². The molecule has 0 aliphatic carbocycles. The molecule has 5 atom stereocenters. The first kappa shape index (κ1) is 31.6. The Morgan fingerprint density at radius 3 is 2.09 bits per heavy atom. The topological polar surface area (TPSA) is 193 Å². The van der Waals surface area contributed by atoms with E-state index in [1.807, 2.05) is 0 Å². The van der Waals surface area contributed by atoms with E-state index in [1.165, 1.54) is 48.5 Å². The van der Waals surface area contributed by atoms with Crippen LogP contribution >= 0.6 is 7.82 Å². The number of carbonyl (C=O) groups is 2. The number of H-pyrrole nitrogens is 1. The zero-order valence-electron chi connectivity index (χ0n) is 23.3. The van der Waals surface area contributed by atoms with Crippen molar-refractivity contribution in [3.8, 4) is 5.75 Å². The Balaban J connectivity index is 1.49. The number of phosphoric acid groups is 1. The average molecular weight is 639 g/mol. The summed E-state index contributed by atoms with van der Waals surface area (Å²) in [6, 6.07) is 22.4. The third-order valence-electron chi connectivity index (χ3n) is 6.63. The number of phosphoric ester groups is 1. The maximum absolute atomic E-state index is 13.3. The number of benzene rings is 3. The van der Waals surface area contributed by atoms with Crippen molar-refractivity contribution in [3.63, 3.8) is 0 Å². The normalized spacial score (nSPS) is 20.6. The number of rotatable bonds is 11. The van der Waals surface area contributed by atoms with Gasteiger partial charge in [-0.05, 0) is 42.0 Å². The zero-order chi connectivity index (χ0) is 32.0. The fourth-order valence-corrected chi connectivity index (χ4v) is 5.49. The van der Waals surface area contributed by atoms with Crippen LogP contribution in [0.25, 0.3) is 0 Å². The molecule has 1 aliphatic heterocycles. The van der Waals surface area contributed by atoms with E-state index in [-0.39, 0.29) is 23.5 Å². The lowest BCUT2D eigenvalue weighted by atomic mass is 10.1. The predicted octanol–water partition coefficient (Wildman–Crippen LogP) is 2.57. The molecule has 1 saturated heterocycles. The number of aliphatic hydroxyl groups excluding tert-OH is 1. The monoisotopic (exact) mass is 638 g/mol. The van der Waals surface area contributed by atoms with E-state index in [0.29, 0.717) is 5.56 Å². The van der Waals surface area contributed by atoms with Crippen molar-refractivity contribution >= 4 is 19.8 Å². The van der Waals surface area contributed by atoms with Gasteiger partial charge >= 0.3 is 25.5 Å². The van der Waals surface area contributed by atoms with Crippen molar-refractivity contribution in [2.45, 2.75) is 31.1 Å². The van der Waals surface area contributed by atoms with Gasteiger partial charge in [0.25, 0.3) is 5.56 Å². The molecule has 4 aromatic rings. The molecule has 3 N–H and O–H groups in total. The molecule has 0 bridgehead atoms. The van der Waals surface area contributed by atoms with Gasteiger partial charge in [-0.2, -0.15) is 0 Å². The molecule has 0 radical (unpaired) electrons. The number of carbonyl (C=O) groups excluding carboxylic acids is 2. The van der Waals surface area contributed by atoms with Crippen molar-refractivity contribution in [1.29, 1.82) is 0 Å². The number of esters is 2. The highest BCUT2D eigenvalue weighted by molar-refractivity contribution is 7.47. The number of nitrogens with one attached hydrogen (secondary N) is 1. The van der Waals surface area contributed by atoms with Crippen molar-refractivity contribution < 1.29 is 47.4 Å². The van der Waals surface area contributed by atoms with E-state index in [2.05, 4.69) is 4.98 Å². The molecule has 0 saturated carbocycles. The number of aromatic amines is 1. The summed E-state index contributed by atoms with van der Waals surface area (Å²) in [4.78, 5) is 63.3. The van der Waals surface area contributed by atoms with Crippen molar-refractivity contribution in [2.24, 2.45) is 0 Å². The van der Waals surface area contributed by atoms with Gasteiger partial charge in [0, 0.05) is 12.3 Å². The number of aromatic nitrogens is 2. The first-order valence-electron chi connectivity index (χ1n) is 13.5. The van der Waals surface area contributed by atoms with Crippen molar-refractivity contribution in [2.75, 3.05) is 6.61 Å². The largest absolute Gasteiger partial charge is 0.527 e. The summed E-state index contributed by atoms with van der Waals surface area (Å²) in [6.07, 6.45) is -5.09. The molecule has 3 aromatic carbocycles. The van der Waals surface area contributed by atoms with Gasteiger partial charge in [0.15, 0.2) is 12.3 Å². The fourth-order valence-electron chi connectivity index (χ4n) is 4.49. The summed E-state index contributed by atoms with van der Waals surface area (Å²) in [7, 11) is -5.04. The van der Waals surface area contributed by atoms with Gasteiger partial charge in [0.2, 0.25) is 0 Å². The number of ether oxygens (including phenoxy) is 3. The minimum Gasteiger partial charge on any atom is -0.459 e. The molecule has 15 heteroatoms. The Labute approximate surface area is 255 Å². The smallest absolute Gasteiger partial charge is 0.459 e. The Bertz CT molecular complexity index is 1790. The van der Waals surface area contributed by atoms with Gasteiger partial charge in [-0.1, -0.05) is 48.5 Å². The number of aliphatic hydroxyl groups is 1. The first-order chi connectivity index (χ1) is 21.6. The van der Waals surface area contributed by atoms with Crippen LogP contribution in [0.5, 0.6) is 5.75 Å². The molecule has 5 unspecified atom stereocenters. The summed E-state index contributed by atoms with van der Waals surface area (Å²) in [5.41, 5.74) is -0.830. The Kier molecular flexibility index (Phi) is 9.71. The third kappa shape index (κ3) is 7.81. The van der Waals surface area contributed by atoms with E-state index in [0.717, 1.165) is 16.8 Å². The van der Waals surface area contributed by atoms with E-state index >= 15 is 0 Å². The Morgan fingerprint density at radius 2 is 1.49 bits per heavy atom. The molecule has 1 aliphatic rings. The summed E-state index contributed by atoms with van der Waals surface area (Å²) >= 11 is 0. The lowest BCUT2D eigenvalue weighted by molar-refractivity contribution is -0.0635. The minimum absolute atomic E-state index is 0.0877. The Hall–Kier alpha value is -4.85. The van der Waals surface area contributed by atoms with Crippen molar-refractivity contribution in [1.82, 2.24) is 9.55 Å². The summed E-state index contributed by atoms with van der Waals surface area (Å²) in [5.74, 6) is -1.74. The molecule has 0 amide bonds. The van der Waals surface area contributed by atoms with E-state index in [9.17, 15) is 33.7 Å². The zero-order valence-corrected chi connectivity index (χ0v) is 24.2. The molecular formula is C30H27N2O12P. The van der Waals surface area contributed by atoms with Gasteiger partial charge in [-0.3, -0.25) is 23.8 Å². The fraction of sp³-hybridized carbons (Fsp3) is 0.200. The minimum atomic E-state index is -5.04. The lowest BCUT2D eigenvalue weighted by Gasteiger charge is -2.26.